The van der Waals surface area contributed by atoms with Crippen LogP contribution in [0.2, 0.25) is 0 Å². The molecule has 0 aliphatic heterocycles. The van der Waals surface area contributed by atoms with E-state index in [0.717, 1.165) is 6.42 Å². The summed E-state index contributed by atoms with van der Waals surface area (Å²) in [5.74, 6) is 0. The summed E-state index contributed by atoms with van der Waals surface area (Å²) in [6.07, 6.45) is 10.9. The van der Waals surface area contributed by atoms with Crippen molar-refractivity contribution in [3.63, 3.8) is 0 Å². The van der Waals surface area contributed by atoms with Crippen LogP contribution in [-0.4, -0.2) is 23.1 Å². The van der Waals surface area contributed by atoms with Gasteiger partial charge < -0.3 is 6.92 Å². The quantitative estimate of drug-likeness (QED) is 0.356. The minimum absolute atomic E-state index is 0. The number of hydrogen-bond donors (Lipinski definition) is 0. The van der Waals surface area contributed by atoms with Gasteiger partial charge in [0.25, 0.3) is 0 Å². The van der Waals surface area contributed by atoms with Crippen LogP contribution in [0.1, 0.15) is 58.3 Å². The molecule has 0 saturated heterocycles. The first kappa shape index (κ1) is 19.3. The number of hydrogen-bond acceptors (Lipinski definition) is 0. The van der Waals surface area contributed by atoms with Crippen molar-refractivity contribution in [3.8, 4) is 0 Å². The predicted octanol–water partition coefficient (Wildman–Crippen LogP) is 5.07. The maximum absolute atomic E-state index is 3.82. The molecule has 1 rings (SSSR count). The van der Waals surface area contributed by atoms with E-state index in [2.05, 4.69) is 19.9 Å². The van der Waals surface area contributed by atoms with Crippen molar-refractivity contribution < 1.29 is 0 Å². The van der Waals surface area contributed by atoms with Gasteiger partial charge in [0, 0.05) is 0 Å². The Morgan fingerprint density at radius 2 is 1.35 bits per heavy atom. The maximum atomic E-state index is 3.82. The molecule has 1 aromatic carbocycles. The summed E-state index contributed by atoms with van der Waals surface area (Å²) in [7, 11) is 0. The molecule has 0 N–H and O–H groups in total. The monoisotopic (exact) mass is 242 g/mol. The average molecular weight is 243 g/mol. The molecular weight excluding hydrogens is 216 g/mol. The fourth-order valence-corrected chi connectivity index (χ4v) is 1.48. The van der Waals surface area contributed by atoms with Crippen LogP contribution in [0, 0.1) is 13.0 Å². The van der Waals surface area contributed by atoms with Crippen molar-refractivity contribution in [2.75, 3.05) is 0 Å². The zero-order chi connectivity index (χ0) is 11.9. The molecule has 0 aliphatic rings. The van der Waals surface area contributed by atoms with Gasteiger partial charge >= 0.3 is 23.1 Å². The normalized spacial score (nSPS) is 8.82. The van der Waals surface area contributed by atoms with E-state index in [1.807, 2.05) is 30.3 Å². The molecule has 92 valence electrons. The Morgan fingerprint density at radius 3 is 1.71 bits per heavy atom. The van der Waals surface area contributed by atoms with E-state index in [9.17, 15) is 0 Å². The third-order valence-corrected chi connectivity index (χ3v) is 2.46. The molecule has 0 nitrogen and oxygen atoms in total. The molecule has 0 radical (unpaired) electrons. The molecule has 0 heterocycles. The first-order chi connectivity index (χ1) is 7.91. The second-order valence-corrected chi connectivity index (χ2v) is 4.05. The summed E-state index contributed by atoms with van der Waals surface area (Å²) in [5.41, 5.74) is 0. The van der Waals surface area contributed by atoms with Gasteiger partial charge in [0.15, 0.2) is 0 Å². The molecule has 0 aromatic heterocycles. The van der Waals surface area contributed by atoms with E-state index >= 15 is 0 Å². The Balaban J connectivity index is 0. The van der Waals surface area contributed by atoms with Gasteiger partial charge in [0.2, 0.25) is 0 Å². The molecule has 0 unspecified atom stereocenters. The van der Waals surface area contributed by atoms with Gasteiger partial charge in [-0.15, -0.1) is 0 Å². The molecule has 0 saturated carbocycles. The Bertz CT molecular complexity index is 161. The number of unbranched alkanes of at least 4 members (excludes halogenated alkanes) is 7. The Labute approximate surface area is 124 Å². The summed E-state index contributed by atoms with van der Waals surface area (Å²) in [6, 6.07) is 12.5. The molecule has 0 spiro atoms. The summed E-state index contributed by atoms with van der Waals surface area (Å²) >= 11 is 0. The minimum Gasteiger partial charge on any atom is -0.343 e. The topological polar surface area (TPSA) is 0 Å². The van der Waals surface area contributed by atoms with E-state index in [1.165, 1.54) is 44.9 Å². The third kappa shape index (κ3) is 18.5. The van der Waals surface area contributed by atoms with E-state index in [0.29, 0.717) is 0 Å². The molecule has 0 fully saturated rings. The molecule has 0 aliphatic carbocycles. The fraction of sp³-hybridized carbons (Fsp3) is 0.562. The van der Waals surface area contributed by atoms with Gasteiger partial charge in [-0.2, -0.15) is 42.8 Å². The zero-order valence-electron chi connectivity index (χ0n) is 11.5. The van der Waals surface area contributed by atoms with Gasteiger partial charge in [-0.1, -0.05) is 51.9 Å². The predicted molar refractivity (Wildman–Crippen MR) is 79.0 cm³/mol. The zero-order valence-corrected chi connectivity index (χ0v) is 12.9. The largest absolute Gasteiger partial charge is 2.00 e. The van der Waals surface area contributed by atoms with Crippen molar-refractivity contribution in [1.29, 1.82) is 0 Å². The standard InChI is InChI=1S/C10H21.C6H5.Mg/c1-3-5-7-9-10-8-6-4-2;1-2-4-6-5-3-1;/h1,3-10H2,2H3;1-5H;/q2*-1;+2. The molecule has 1 heteroatoms. The van der Waals surface area contributed by atoms with Gasteiger partial charge in [0.05, 0.1) is 0 Å². The van der Waals surface area contributed by atoms with Gasteiger partial charge in [0.1, 0.15) is 0 Å². The van der Waals surface area contributed by atoms with Crippen LogP contribution in [0.5, 0.6) is 0 Å². The van der Waals surface area contributed by atoms with Crippen LogP contribution in [0.3, 0.4) is 0 Å². The summed E-state index contributed by atoms with van der Waals surface area (Å²) in [5, 5.41) is 0. The first-order valence-corrected chi connectivity index (χ1v) is 6.62. The second kappa shape index (κ2) is 18.4. The van der Waals surface area contributed by atoms with Crippen molar-refractivity contribution in [2.24, 2.45) is 0 Å². The van der Waals surface area contributed by atoms with Crippen molar-refractivity contribution in [3.05, 3.63) is 43.3 Å². The molecule has 0 atom stereocenters. The smallest absolute Gasteiger partial charge is 0.343 e. The summed E-state index contributed by atoms with van der Waals surface area (Å²) in [6.45, 7) is 6.08. The summed E-state index contributed by atoms with van der Waals surface area (Å²) in [4.78, 5) is 0. The van der Waals surface area contributed by atoms with Crippen LogP contribution in [-0.2, 0) is 0 Å². The number of rotatable bonds is 7. The maximum Gasteiger partial charge on any atom is 2.00 e. The van der Waals surface area contributed by atoms with E-state index < -0.39 is 0 Å². The van der Waals surface area contributed by atoms with Crippen LogP contribution < -0.4 is 0 Å². The second-order valence-electron chi connectivity index (χ2n) is 4.05. The van der Waals surface area contributed by atoms with Crippen LogP contribution in [0.4, 0.5) is 0 Å². The molecule has 0 amide bonds. The van der Waals surface area contributed by atoms with Crippen LogP contribution >= 0.6 is 0 Å². The van der Waals surface area contributed by atoms with Gasteiger partial charge in [-0.05, 0) is 0 Å². The van der Waals surface area contributed by atoms with Crippen molar-refractivity contribution in [2.45, 2.75) is 58.3 Å². The third-order valence-electron chi connectivity index (χ3n) is 2.46. The average Bonchev–Trinajstić information content (AvgIpc) is 2.37. The fourth-order valence-electron chi connectivity index (χ4n) is 1.48. The summed E-state index contributed by atoms with van der Waals surface area (Å²) < 4.78 is 0. The molecule has 0 bridgehead atoms. The number of benzene rings is 1. The van der Waals surface area contributed by atoms with Crippen LogP contribution in [0.25, 0.3) is 0 Å². The van der Waals surface area contributed by atoms with Gasteiger partial charge in [-0.3, -0.25) is 0 Å². The van der Waals surface area contributed by atoms with Gasteiger partial charge in [-0.25, -0.2) is 0 Å². The van der Waals surface area contributed by atoms with E-state index in [-0.39, 0.29) is 23.1 Å². The van der Waals surface area contributed by atoms with E-state index in [1.54, 1.807) is 0 Å². The van der Waals surface area contributed by atoms with E-state index in [4.69, 9.17) is 0 Å². The molecule has 17 heavy (non-hydrogen) atoms. The minimum atomic E-state index is 0. The first-order valence-electron chi connectivity index (χ1n) is 6.62. The SMILES string of the molecule is [CH2-]CCCCCCCCC.[Mg+2].[c-]1ccccc1. The molecule has 1 aromatic rings. The Morgan fingerprint density at radius 1 is 0.824 bits per heavy atom. The van der Waals surface area contributed by atoms with Crippen LogP contribution in [0.15, 0.2) is 30.3 Å². The van der Waals surface area contributed by atoms with Crippen molar-refractivity contribution in [1.82, 2.24) is 0 Å². The Kier molecular flexibility index (Phi) is 20.9. The molecular formula is C16H26Mg. The Hall–Kier alpha value is -0.0138. The van der Waals surface area contributed by atoms with Crippen molar-refractivity contribution >= 4 is 23.1 Å².